The van der Waals surface area contributed by atoms with Crippen LogP contribution >= 0.6 is 0 Å². The van der Waals surface area contributed by atoms with Crippen molar-refractivity contribution < 1.29 is 18.7 Å². The summed E-state index contributed by atoms with van der Waals surface area (Å²) in [5.74, 6) is -1.47. The second kappa shape index (κ2) is 8.97. The Hall–Kier alpha value is -2.69. The average molecular weight is 343 g/mol. The molecule has 0 aliphatic rings. The summed E-state index contributed by atoms with van der Waals surface area (Å²) in [6.07, 6.45) is 0.0703. The molecule has 0 aromatic heterocycles. The minimum absolute atomic E-state index is 0.0703. The van der Waals surface area contributed by atoms with Crippen molar-refractivity contribution in [3.05, 3.63) is 71.5 Å². The Balaban J connectivity index is 2.21. The molecule has 5 heteroatoms. The average Bonchev–Trinajstić information content (AvgIpc) is 2.61. The molecule has 0 fully saturated rings. The quantitative estimate of drug-likeness (QED) is 0.724. The molecule has 0 aliphatic carbocycles. The number of ether oxygens (including phenoxy) is 1. The SMILES string of the molecule is CCOC(=O)CN(C)C(=O)C[C@H](c1ccccc1)c1ccccc1F. The Kier molecular flexibility index (Phi) is 6.69. The molecule has 2 rings (SSSR count). The fourth-order valence-electron chi connectivity index (χ4n) is 2.67. The van der Waals surface area contributed by atoms with Crippen LogP contribution < -0.4 is 0 Å². The number of benzene rings is 2. The fraction of sp³-hybridized carbons (Fsp3) is 0.300. The van der Waals surface area contributed by atoms with Gasteiger partial charge < -0.3 is 9.64 Å². The van der Waals surface area contributed by atoms with E-state index in [0.29, 0.717) is 5.56 Å². The zero-order valence-electron chi connectivity index (χ0n) is 14.4. The Morgan fingerprint density at radius 1 is 1.08 bits per heavy atom. The van der Waals surface area contributed by atoms with Crippen molar-refractivity contribution in [2.24, 2.45) is 0 Å². The highest BCUT2D eigenvalue weighted by molar-refractivity contribution is 5.82. The van der Waals surface area contributed by atoms with E-state index in [2.05, 4.69) is 0 Å². The summed E-state index contributed by atoms with van der Waals surface area (Å²) in [6.45, 7) is 1.86. The molecule has 4 nitrogen and oxygen atoms in total. The molecule has 2 aromatic rings. The molecule has 0 bridgehead atoms. The normalized spacial score (nSPS) is 11.6. The lowest BCUT2D eigenvalue weighted by atomic mass is 9.88. The first kappa shape index (κ1) is 18.6. The van der Waals surface area contributed by atoms with Gasteiger partial charge in [0.1, 0.15) is 12.4 Å². The van der Waals surface area contributed by atoms with E-state index in [9.17, 15) is 14.0 Å². The van der Waals surface area contributed by atoms with Crippen LogP contribution in [-0.2, 0) is 14.3 Å². The van der Waals surface area contributed by atoms with Crippen molar-refractivity contribution in [1.29, 1.82) is 0 Å². The topological polar surface area (TPSA) is 46.6 Å². The minimum atomic E-state index is -0.458. The molecule has 0 saturated heterocycles. The maximum absolute atomic E-state index is 14.3. The van der Waals surface area contributed by atoms with Gasteiger partial charge in [0.25, 0.3) is 0 Å². The Morgan fingerprint density at radius 2 is 1.72 bits per heavy atom. The third-order valence-electron chi connectivity index (χ3n) is 3.96. The van der Waals surface area contributed by atoms with Gasteiger partial charge in [-0.3, -0.25) is 9.59 Å². The van der Waals surface area contributed by atoms with E-state index in [0.717, 1.165) is 5.56 Å². The highest BCUT2D eigenvalue weighted by atomic mass is 19.1. The van der Waals surface area contributed by atoms with Crippen molar-refractivity contribution in [2.45, 2.75) is 19.3 Å². The van der Waals surface area contributed by atoms with Gasteiger partial charge >= 0.3 is 5.97 Å². The van der Waals surface area contributed by atoms with E-state index < -0.39 is 11.9 Å². The van der Waals surface area contributed by atoms with Crippen LogP contribution in [0.5, 0.6) is 0 Å². The first-order valence-corrected chi connectivity index (χ1v) is 8.21. The summed E-state index contributed by atoms with van der Waals surface area (Å²) in [5, 5.41) is 0. The molecule has 132 valence electrons. The monoisotopic (exact) mass is 343 g/mol. The van der Waals surface area contributed by atoms with E-state index >= 15 is 0 Å². The van der Waals surface area contributed by atoms with Crippen LogP contribution in [0.15, 0.2) is 54.6 Å². The van der Waals surface area contributed by atoms with Gasteiger partial charge in [0.15, 0.2) is 0 Å². The number of nitrogens with zero attached hydrogens (tertiary/aromatic N) is 1. The van der Waals surface area contributed by atoms with E-state index in [1.54, 1.807) is 32.2 Å². The van der Waals surface area contributed by atoms with Gasteiger partial charge in [0.05, 0.1) is 6.61 Å². The van der Waals surface area contributed by atoms with E-state index in [1.165, 1.54) is 11.0 Å². The maximum atomic E-state index is 14.3. The van der Waals surface area contributed by atoms with Crippen molar-refractivity contribution in [3.8, 4) is 0 Å². The lowest BCUT2D eigenvalue weighted by molar-refractivity contribution is -0.148. The third-order valence-corrected chi connectivity index (χ3v) is 3.96. The largest absolute Gasteiger partial charge is 0.465 e. The lowest BCUT2D eigenvalue weighted by Gasteiger charge is -2.22. The third kappa shape index (κ3) is 5.14. The van der Waals surface area contributed by atoms with Crippen LogP contribution in [0, 0.1) is 5.82 Å². The Bertz CT molecular complexity index is 718. The van der Waals surface area contributed by atoms with E-state index in [1.807, 2.05) is 30.3 Å². The number of carbonyl (C=O) groups is 2. The minimum Gasteiger partial charge on any atom is -0.465 e. The van der Waals surface area contributed by atoms with Gasteiger partial charge in [0, 0.05) is 19.4 Å². The number of esters is 1. The number of amides is 1. The zero-order chi connectivity index (χ0) is 18.2. The van der Waals surface area contributed by atoms with E-state index in [4.69, 9.17) is 4.74 Å². The standard InChI is InChI=1S/C20H22FNO3/c1-3-25-20(24)14-22(2)19(23)13-17(15-9-5-4-6-10-15)16-11-7-8-12-18(16)21/h4-12,17H,3,13-14H2,1-2H3/t17-/m1/s1. The van der Waals surface area contributed by atoms with Crippen LogP contribution in [0.2, 0.25) is 0 Å². The van der Waals surface area contributed by atoms with Crippen molar-refractivity contribution in [2.75, 3.05) is 20.2 Å². The summed E-state index contributed by atoms with van der Waals surface area (Å²) in [5.41, 5.74) is 1.32. The highest BCUT2D eigenvalue weighted by Crippen LogP contribution is 2.30. The molecule has 1 amide bonds. The smallest absolute Gasteiger partial charge is 0.325 e. The highest BCUT2D eigenvalue weighted by Gasteiger charge is 2.23. The summed E-state index contributed by atoms with van der Waals surface area (Å²) in [4.78, 5) is 25.4. The molecule has 25 heavy (non-hydrogen) atoms. The van der Waals surface area contributed by atoms with Gasteiger partial charge in [0.2, 0.25) is 5.91 Å². The number of hydrogen-bond acceptors (Lipinski definition) is 3. The van der Waals surface area contributed by atoms with Crippen LogP contribution in [0.4, 0.5) is 4.39 Å². The van der Waals surface area contributed by atoms with Gasteiger partial charge in [-0.1, -0.05) is 48.5 Å². The number of carbonyl (C=O) groups excluding carboxylic acids is 2. The number of halogens is 1. The first-order chi connectivity index (χ1) is 12.0. The maximum Gasteiger partial charge on any atom is 0.325 e. The molecule has 0 heterocycles. The van der Waals surface area contributed by atoms with Crippen LogP contribution in [0.3, 0.4) is 0 Å². The number of rotatable bonds is 7. The molecule has 2 aromatic carbocycles. The zero-order valence-corrected chi connectivity index (χ0v) is 14.4. The first-order valence-electron chi connectivity index (χ1n) is 8.21. The molecule has 0 N–H and O–H groups in total. The van der Waals surface area contributed by atoms with Crippen LogP contribution in [0.1, 0.15) is 30.4 Å². The fourth-order valence-corrected chi connectivity index (χ4v) is 2.67. The molecule has 1 atom stereocenters. The van der Waals surface area contributed by atoms with Crippen molar-refractivity contribution >= 4 is 11.9 Å². The summed E-state index contributed by atoms with van der Waals surface area (Å²) >= 11 is 0. The van der Waals surface area contributed by atoms with Crippen LogP contribution in [0.25, 0.3) is 0 Å². The second-order valence-electron chi connectivity index (χ2n) is 5.74. The predicted molar refractivity (Wildman–Crippen MR) is 93.6 cm³/mol. The summed E-state index contributed by atoms with van der Waals surface area (Å²) < 4.78 is 19.2. The van der Waals surface area contributed by atoms with E-state index in [-0.39, 0.29) is 31.3 Å². The van der Waals surface area contributed by atoms with Gasteiger partial charge in [-0.05, 0) is 24.1 Å². The molecule has 0 aliphatic heterocycles. The molecular weight excluding hydrogens is 321 g/mol. The number of likely N-dealkylation sites (N-methyl/N-ethyl adjacent to an activating group) is 1. The molecule has 0 spiro atoms. The predicted octanol–water partition coefficient (Wildman–Crippen LogP) is 3.37. The Morgan fingerprint density at radius 3 is 2.36 bits per heavy atom. The molecule has 0 unspecified atom stereocenters. The lowest BCUT2D eigenvalue weighted by Crippen LogP contribution is -2.34. The second-order valence-corrected chi connectivity index (χ2v) is 5.74. The van der Waals surface area contributed by atoms with Gasteiger partial charge in [-0.2, -0.15) is 0 Å². The molecular formula is C20H22FNO3. The molecule has 0 radical (unpaired) electrons. The van der Waals surface area contributed by atoms with Crippen molar-refractivity contribution in [3.63, 3.8) is 0 Å². The summed E-state index contributed by atoms with van der Waals surface area (Å²) in [6, 6.07) is 15.8. The van der Waals surface area contributed by atoms with Gasteiger partial charge in [-0.25, -0.2) is 4.39 Å². The van der Waals surface area contributed by atoms with Crippen molar-refractivity contribution in [1.82, 2.24) is 4.90 Å². The summed E-state index contributed by atoms with van der Waals surface area (Å²) in [7, 11) is 1.54. The Labute approximate surface area is 147 Å². The molecule has 0 saturated carbocycles. The van der Waals surface area contributed by atoms with Gasteiger partial charge in [-0.15, -0.1) is 0 Å². The number of hydrogen-bond donors (Lipinski definition) is 0. The van der Waals surface area contributed by atoms with Crippen LogP contribution in [-0.4, -0.2) is 37.0 Å².